The van der Waals surface area contributed by atoms with E-state index < -0.39 is 0 Å². The number of ether oxygens (including phenoxy) is 1. The Hall–Kier alpha value is -1.41. The maximum absolute atomic E-state index is 12.0. The molecule has 1 amide bonds. The van der Waals surface area contributed by atoms with E-state index in [2.05, 4.69) is 31.7 Å². The number of aromatic nitrogens is 2. The third-order valence-electron chi connectivity index (χ3n) is 2.73. The number of hydrogen-bond donors (Lipinski definition) is 2. The Morgan fingerprint density at radius 3 is 2.81 bits per heavy atom. The summed E-state index contributed by atoms with van der Waals surface area (Å²) in [5, 5.41) is 9.84. The van der Waals surface area contributed by atoms with Gasteiger partial charge in [0.1, 0.15) is 4.47 Å². The van der Waals surface area contributed by atoms with E-state index in [1.807, 2.05) is 13.8 Å². The standard InChI is InChI=1S/C13H21BrN4O3/c1-9(2)18-13(20)12(14)10(8-17-18)15-5-4-11(19)16-6-7-21-3/h8-9,15H,4-7H2,1-3H3,(H,16,19). The summed E-state index contributed by atoms with van der Waals surface area (Å²) >= 11 is 3.26. The van der Waals surface area contributed by atoms with Crippen molar-refractivity contribution in [1.29, 1.82) is 0 Å². The lowest BCUT2D eigenvalue weighted by molar-refractivity contribution is -0.121. The Morgan fingerprint density at radius 2 is 2.19 bits per heavy atom. The zero-order valence-electron chi connectivity index (χ0n) is 12.5. The highest BCUT2D eigenvalue weighted by atomic mass is 79.9. The monoisotopic (exact) mass is 360 g/mol. The van der Waals surface area contributed by atoms with Crippen LogP contribution in [0, 0.1) is 0 Å². The first kappa shape index (κ1) is 17.6. The van der Waals surface area contributed by atoms with Crippen molar-refractivity contribution in [3.05, 3.63) is 21.0 Å². The van der Waals surface area contributed by atoms with E-state index in [0.717, 1.165) is 0 Å². The Balaban J connectivity index is 2.51. The molecule has 1 aromatic heterocycles. The number of halogens is 1. The summed E-state index contributed by atoms with van der Waals surface area (Å²) in [5.41, 5.74) is 0.390. The van der Waals surface area contributed by atoms with E-state index in [0.29, 0.717) is 36.3 Å². The van der Waals surface area contributed by atoms with E-state index >= 15 is 0 Å². The molecule has 1 aromatic rings. The average molecular weight is 361 g/mol. The van der Waals surface area contributed by atoms with Crippen LogP contribution in [0.1, 0.15) is 26.3 Å². The van der Waals surface area contributed by atoms with Crippen LogP contribution in [0.15, 0.2) is 15.5 Å². The molecule has 0 radical (unpaired) electrons. The average Bonchev–Trinajstić information content (AvgIpc) is 2.43. The van der Waals surface area contributed by atoms with Crippen molar-refractivity contribution in [2.24, 2.45) is 0 Å². The van der Waals surface area contributed by atoms with Crippen LogP contribution in [0.4, 0.5) is 5.69 Å². The van der Waals surface area contributed by atoms with Crippen LogP contribution in [0.5, 0.6) is 0 Å². The second-order valence-corrected chi connectivity index (χ2v) is 5.53. The maximum Gasteiger partial charge on any atom is 0.283 e. The fraction of sp³-hybridized carbons (Fsp3) is 0.615. The molecule has 0 spiro atoms. The third-order valence-corrected chi connectivity index (χ3v) is 3.49. The molecule has 0 atom stereocenters. The number of nitrogens with one attached hydrogen (secondary N) is 2. The van der Waals surface area contributed by atoms with Crippen LogP contribution in [-0.2, 0) is 9.53 Å². The van der Waals surface area contributed by atoms with Gasteiger partial charge in [-0.25, -0.2) is 4.68 Å². The first-order valence-corrected chi connectivity index (χ1v) is 7.53. The van der Waals surface area contributed by atoms with Gasteiger partial charge in [-0.2, -0.15) is 5.10 Å². The van der Waals surface area contributed by atoms with Crippen molar-refractivity contribution < 1.29 is 9.53 Å². The van der Waals surface area contributed by atoms with Gasteiger partial charge < -0.3 is 15.4 Å². The summed E-state index contributed by atoms with van der Waals surface area (Å²) in [4.78, 5) is 23.5. The first-order valence-electron chi connectivity index (χ1n) is 6.74. The van der Waals surface area contributed by atoms with Crippen LogP contribution >= 0.6 is 15.9 Å². The van der Waals surface area contributed by atoms with Gasteiger partial charge in [0.05, 0.1) is 24.5 Å². The molecule has 0 aromatic carbocycles. The van der Waals surface area contributed by atoms with Gasteiger partial charge in [-0.05, 0) is 29.8 Å². The number of methoxy groups -OCH3 is 1. The molecule has 0 aliphatic carbocycles. The molecule has 0 bridgehead atoms. The number of hydrogen-bond acceptors (Lipinski definition) is 5. The number of carbonyl (C=O) groups excluding carboxylic acids is 1. The van der Waals surface area contributed by atoms with Gasteiger partial charge in [-0.15, -0.1) is 0 Å². The molecule has 0 aliphatic heterocycles. The van der Waals surface area contributed by atoms with Gasteiger partial charge in [-0.1, -0.05) is 0 Å². The maximum atomic E-state index is 12.0. The Bertz CT molecular complexity index is 531. The minimum Gasteiger partial charge on any atom is -0.383 e. The van der Waals surface area contributed by atoms with Crippen LogP contribution in [0.25, 0.3) is 0 Å². The quantitative estimate of drug-likeness (QED) is 0.679. The lowest BCUT2D eigenvalue weighted by Gasteiger charge is -2.12. The molecule has 0 saturated carbocycles. The lowest BCUT2D eigenvalue weighted by Crippen LogP contribution is -2.29. The molecule has 0 unspecified atom stereocenters. The second-order valence-electron chi connectivity index (χ2n) is 4.74. The van der Waals surface area contributed by atoms with Crippen LogP contribution in [0.2, 0.25) is 0 Å². The SMILES string of the molecule is COCCNC(=O)CCNc1cnn(C(C)C)c(=O)c1Br. The highest BCUT2D eigenvalue weighted by Crippen LogP contribution is 2.16. The first-order chi connectivity index (χ1) is 9.97. The van der Waals surface area contributed by atoms with Crippen LogP contribution < -0.4 is 16.2 Å². The number of anilines is 1. The fourth-order valence-corrected chi connectivity index (χ4v) is 2.05. The Kier molecular flexibility index (Phi) is 7.38. The summed E-state index contributed by atoms with van der Waals surface area (Å²) in [7, 11) is 1.58. The number of amides is 1. The Morgan fingerprint density at radius 1 is 1.48 bits per heavy atom. The van der Waals surface area contributed by atoms with Gasteiger partial charge in [-0.3, -0.25) is 9.59 Å². The minimum absolute atomic E-state index is 0.00517. The predicted molar refractivity (Wildman–Crippen MR) is 84.6 cm³/mol. The van der Waals surface area contributed by atoms with E-state index in [-0.39, 0.29) is 17.5 Å². The number of nitrogens with zero attached hydrogens (tertiary/aromatic N) is 2. The predicted octanol–water partition coefficient (Wildman–Crippen LogP) is 1.15. The molecule has 1 rings (SSSR count). The molecular weight excluding hydrogens is 340 g/mol. The van der Waals surface area contributed by atoms with Gasteiger partial charge in [0.25, 0.3) is 5.56 Å². The van der Waals surface area contributed by atoms with E-state index in [1.165, 1.54) is 4.68 Å². The molecule has 0 saturated heterocycles. The zero-order chi connectivity index (χ0) is 15.8. The minimum atomic E-state index is -0.195. The van der Waals surface area contributed by atoms with Crippen molar-refractivity contribution in [2.45, 2.75) is 26.3 Å². The third kappa shape index (κ3) is 5.47. The Labute approximate surface area is 132 Å². The molecule has 1 heterocycles. The van der Waals surface area contributed by atoms with Crippen molar-refractivity contribution in [2.75, 3.05) is 32.1 Å². The van der Waals surface area contributed by atoms with Crippen LogP contribution in [0.3, 0.4) is 0 Å². The van der Waals surface area contributed by atoms with Crippen molar-refractivity contribution in [1.82, 2.24) is 15.1 Å². The van der Waals surface area contributed by atoms with Crippen LogP contribution in [-0.4, -0.2) is 42.5 Å². The van der Waals surface area contributed by atoms with Gasteiger partial charge in [0, 0.05) is 26.6 Å². The molecule has 0 aliphatic rings. The van der Waals surface area contributed by atoms with E-state index in [4.69, 9.17) is 4.74 Å². The largest absolute Gasteiger partial charge is 0.383 e. The van der Waals surface area contributed by atoms with Crippen molar-refractivity contribution in [3.8, 4) is 0 Å². The van der Waals surface area contributed by atoms with E-state index in [9.17, 15) is 9.59 Å². The molecule has 8 heteroatoms. The van der Waals surface area contributed by atoms with Gasteiger partial charge in [0.15, 0.2) is 0 Å². The zero-order valence-corrected chi connectivity index (χ0v) is 14.1. The summed E-state index contributed by atoms with van der Waals surface area (Å²) in [6.45, 7) is 5.17. The normalized spacial score (nSPS) is 10.7. The molecule has 118 valence electrons. The van der Waals surface area contributed by atoms with Gasteiger partial charge in [0.2, 0.25) is 5.91 Å². The van der Waals surface area contributed by atoms with E-state index in [1.54, 1.807) is 13.3 Å². The molecule has 7 nitrogen and oxygen atoms in total. The summed E-state index contributed by atoms with van der Waals surface area (Å²) in [5.74, 6) is -0.0702. The van der Waals surface area contributed by atoms with Gasteiger partial charge >= 0.3 is 0 Å². The highest BCUT2D eigenvalue weighted by molar-refractivity contribution is 9.10. The summed E-state index contributed by atoms with van der Waals surface area (Å²) in [6, 6.07) is -0.00517. The molecule has 21 heavy (non-hydrogen) atoms. The smallest absolute Gasteiger partial charge is 0.283 e. The second kappa shape index (κ2) is 8.78. The summed E-state index contributed by atoms with van der Waals surface area (Å²) < 4.78 is 6.66. The highest BCUT2D eigenvalue weighted by Gasteiger charge is 2.10. The topological polar surface area (TPSA) is 85.2 Å². The van der Waals surface area contributed by atoms with Crippen molar-refractivity contribution >= 4 is 27.5 Å². The summed E-state index contributed by atoms with van der Waals surface area (Å²) in [6.07, 6.45) is 1.89. The fourth-order valence-electron chi connectivity index (χ4n) is 1.63. The molecule has 2 N–H and O–H groups in total. The molecular formula is C13H21BrN4O3. The number of carbonyl (C=O) groups is 1. The molecule has 0 fully saturated rings. The van der Waals surface area contributed by atoms with Crippen molar-refractivity contribution in [3.63, 3.8) is 0 Å². The lowest BCUT2D eigenvalue weighted by atomic mass is 10.3. The number of rotatable bonds is 8.